The van der Waals surface area contributed by atoms with Crippen molar-refractivity contribution in [1.29, 1.82) is 0 Å². The molecule has 1 saturated heterocycles. The van der Waals surface area contributed by atoms with Crippen LogP contribution < -0.4 is 19.1 Å². The van der Waals surface area contributed by atoms with Gasteiger partial charge in [0.15, 0.2) is 17.3 Å². The predicted octanol–water partition coefficient (Wildman–Crippen LogP) is 3.33. The zero-order valence-electron chi connectivity index (χ0n) is 18.9. The molecule has 0 radical (unpaired) electrons. The third-order valence-electron chi connectivity index (χ3n) is 6.44. The number of rotatable bonds is 9. The van der Waals surface area contributed by atoms with Crippen molar-refractivity contribution in [3.63, 3.8) is 0 Å². The van der Waals surface area contributed by atoms with E-state index in [1.807, 2.05) is 30.3 Å². The number of benzene rings is 2. The van der Waals surface area contributed by atoms with Crippen LogP contribution in [0.3, 0.4) is 0 Å². The standard InChI is InChI=1S/C26H30N2O5/c1-31-25-16-20(6-9-23(25)32-15-14-27-12-10-21(29)17-27)28-13-11-24(26(28)30)33-22-7-4-19(5-8-22)18-2-3-18/h4-9,11,16,18,21,29H,2-3,10,12-15,17H2,1H3/t21-/m1/s1. The van der Waals surface area contributed by atoms with Gasteiger partial charge in [-0.25, -0.2) is 0 Å². The van der Waals surface area contributed by atoms with Gasteiger partial charge in [0.25, 0.3) is 5.91 Å². The number of likely N-dealkylation sites (tertiary alicyclic amines) is 1. The van der Waals surface area contributed by atoms with Gasteiger partial charge in [0.2, 0.25) is 0 Å². The van der Waals surface area contributed by atoms with Gasteiger partial charge >= 0.3 is 0 Å². The molecule has 1 N–H and O–H groups in total. The minimum absolute atomic E-state index is 0.176. The average Bonchev–Trinajstić information content (AvgIpc) is 3.51. The molecule has 0 spiro atoms. The van der Waals surface area contributed by atoms with Crippen molar-refractivity contribution >= 4 is 11.6 Å². The van der Waals surface area contributed by atoms with Crippen LogP contribution in [-0.2, 0) is 4.79 Å². The fraction of sp³-hybridized carbons (Fsp3) is 0.423. The molecule has 2 aromatic carbocycles. The van der Waals surface area contributed by atoms with E-state index in [-0.39, 0.29) is 12.0 Å². The first-order valence-corrected chi connectivity index (χ1v) is 11.6. The van der Waals surface area contributed by atoms with E-state index in [1.54, 1.807) is 18.1 Å². The highest BCUT2D eigenvalue weighted by Crippen LogP contribution is 2.40. The molecule has 1 saturated carbocycles. The number of β-amino-alcohol motifs (C(OH)–C–C–N with tert-alkyl or cyclic N) is 1. The van der Waals surface area contributed by atoms with Crippen molar-refractivity contribution in [2.45, 2.75) is 31.3 Å². The molecule has 1 atom stereocenters. The molecule has 2 heterocycles. The summed E-state index contributed by atoms with van der Waals surface area (Å²) in [6.07, 6.45) is 4.90. The van der Waals surface area contributed by atoms with Gasteiger partial charge in [-0.2, -0.15) is 0 Å². The monoisotopic (exact) mass is 450 g/mol. The molecule has 7 heteroatoms. The molecule has 0 aromatic heterocycles. The van der Waals surface area contributed by atoms with Crippen LogP contribution in [0.2, 0.25) is 0 Å². The zero-order valence-corrected chi connectivity index (χ0v) is 18.9. The Bertz CT molecular complexity index is 1030. The first-order chi connectivity index (χ1) is 16.1. The van der Waals surface area contributed by atoms with Crippen molar-refractivity contribution in [3.8, 4) is 17.2 Å². The van der Waals surface area contributed by atoms with E-state index in [1.165, 1.54) is 18.4 Å². The van der Waals surface area contributed by atoms with E-state index in [0.717, 1.165) is 25.2 Å². The molecule has 0 bridgehead atoms. The number of nitrogens with zero attached hydrogens (tertiary/aromatic N) is 2. The quantitative estimate of drug-likeness (QED) is 0.632. The van der Waals surface area contributed by atoms with Crippen LogP contribution >= 0.6 is 0 Å². The summed E-state index contributed by atoms with van der Waals surface area (Å²) in [5.41, 5.74) is 2.06. The first kappa shape index (κ1) is 21.8. The Morgan fingerprint density at radius 3 is 2.58 bits per heavy atom. The van der Waals surface area contributed by atoms with Crippen molar-refractivity contribution in [2.75, 3.05) is 44.8 Å². The predicted molar refractivity (Wildman–Crippen MR) is 125 cm³/mol. The van der Waals surface area contributed by atoms with Crippen molar-refractivity contribution in [3.05, 3.63) is 59.9 Å². The Balaban J connectivity index is 1.18. The first-order valence-electron chi connectivity index (χ1n) is 11.6. The van der Waals surface area contributed by atoms with E-state index < -0.39 is 0 Å². The molecule has 2 fully saturated rings. The molecule has 1 amide bonds. The second-order valence-corrected chi connectivity index (χ2v) is 8.86. The number of methoxy groups -OCH3 is 1. The molecule has 5 rings (SSSR count). The molecule has 3 aliphatic rings. The van der Waals surface area contributed by atoms with Crippen LogP contribution in [0.15, 0.2) is 54.3 Å². The third-order valence-corrected chi connectivity index (χ3v) is 6.44. The van der Waals surface area contributed by atoms with Gasteiger partial charge in [0.05, 0.1) is 13.2 Å². The average molecular weight is 451 g/mol. The van der Waals surface area contributed by atoms with Crippen LogP contribution in [0.5, 0.6) is 17.2 Å². The van der Waals surface area contributed by atoms with Crippen LogP contribution in [0, 0.1) is 0 Å². The summed E-state index contributed by atoms with van der Waals surface area (Å²) in [6, 6.07) is 13.5. The molecule has 1 aliphatic carbocycles. The number of ether oxygens (including phenoxy) is 3. The van der Waals surface area contributed by atoms with Crippen molar-refractivity contribution in [1.82, 2.24) is 4.90 Å². The SMILES string of the molecule is COc1cc(N2CC=C(Oc3ccc(C4CC4)cc3)C2=O)ccc1OCCN1CC[C@@H](O)C1. The van der Waals surface area contributed by atoms with Gasteiger partial charge < -0.3 is 24.2 Å². The normalized spacial score (nSPS) is 20.8. The summed E-state index contributed by atoms with van der Waals surface area (Å²) in [6.45, 7) is 3.27. The fourth-order valence-electron chi connectivity index (χ4n) is 4.38. The van der Waals surface area contributed by atoms with E-state index >= 15 is 0 Å². The highest BCUT2D eigenvalue weighted by molar-refractivity contribution is 6.07. The molecule has 0 unspecified atom stereocenters. The summed E-state index contributed by atoms with van der Waals surface area (Å²) in [5.74, 6) is 2.73. The number of hydrogen-bond acceptors (Lipinski definition) is 6. The summed E-state index contributed by atoms with van der Waals surface area (Å²) in [4.78, 5) is 16.8. The number of carbonyl (C=O) groups excluding carboxylic acids is 1. The maximum absolute atomic E-state index is 13.0. The van der Waals surface area contributed by atoms with Crippen LogP contribution in [0.4, 0.5) is 5.69 Å². The fourth-order valence-corrected chi connectivity index (χ4v) is 4.38. The van der Waals surface area contributed by atoms with Gasteiger partial charge in [0.1, 0.15) is 12.4 Å². The number of aliphatic hydroxyl groups is 1. The topological polar surface area (TPSA) is 71.5 Å². The highest BCUT2D eigenvalue weighted by atomic mass is 16.5. The van der Waals surface area contributed by atoms with E-state index in [2.05, 4.69) is 17.0 Å². The molecular weight excluding hydrogens is 420 g/mol. The minimum Gasteiger partial charge on any atom is -0.493 e. The molecular formula is C26H30N2O5. The molecule has 174 valence electrons. The number of anilines is 1. The van der Waals surface area contributed by atoms with Crippen LogP contribution in [0.1, 0.15) is 30.7 Å². The lowest BCUT2D eigenvalue weighted by molar-refractivity contribution is -0.116. The lowest BCUT2D eigenvalue weighted by Crippen LogP contribution is -2.28. The maximum Gasteiger partial charge on any atom is 0.294 e. The zero-order chi connectivity index (χ0) is 22.8. The molecule has 33 heavy (non-hydrogen) atoms. The smallest absolute Gasteiger partial charge is 0.294 e. The van der Waals surface area contributed by atoms with Crippen molar-refractivity contribution in [2.24, 2.45) is 0 Å². The van der Waals surface area contributed by atoms with E-state index in [0.29, 0.717) is 48.6 Å². The van der Waals surface area contributed by atoms with Crippen LogP contribution in [0.25, 0.3) is 0 Å². The maximum atomic E-state index is 13.0. The second kappa shape index (κ2) is 9.45. The van der Waals surface area contributed by atoms with E-state index in [9.17, 15) is 9.90 Å². The summed E-state index contributed by atoms with van der Waals surface area (Å²) in [7, 11) is 1.59. The number of aliphatic hydroxyl groups excluding tert-OH is 1. The summed E-state index contributed by atoms with van der Waals surface area (Å²) >= 11 is 0. The Labute approximate surface area is 194 Å². The number of amides is 1. The van der Waals surface area contributed by atoms with Crippen LogP contribution in [-0.4, -0.2) is 61.9 Å². The van der Waals surface area contributed by atoms with E-state index in [4.69, 9.17) is 14.2 Å². The second-order valence-electron chi connectivity index (χ2n) is 8.86. The lowest BCUT2D eigenvalue weighted by atomic mass is 10.1. The van der Waals surface area contributed by atoms with Crippen molar-refractivity contribution < 1.29 is 24.1 Å². The Kier molecular flexibility index (Phi) is 6.24. The Hall–Kier alpha value is -3.03. The van der Waals surface area contributed by atoms with Gasteiger partial charge in [-0.1, -0.05) is 12.1 Å². The number of hydrogen-bond donors (Lipinski definition) is 1. The van der Waals surface area contributed by atoms with Gasteiger partial charge in [-0.3, -0.25) is 9.69 Å². The van der Waals surface area contributed by atoms with Gasteiger partial charge in [0, 0.05) is 37.9 Å². The Morgan fingerprint density at radius 1 is 1.06 bits per heavy atom. The largest absolute Gasteiger partial charge is 0.493 e. The highest BCUT2D eigenvalue weighted by Gasteiger charge is 2.28. The van der Waals surface area contributed by atoms with Gasteiger partial charge in [-0.05, 0) is 61.1 Å². The summed E-state index contributed by atoms with van der Waals surface area (Å²) < 4.78 is 17.3. The van der Waals surface area contributed by atoms with Gasteiger partial charge in [-0.15, -0.1) is 0 Å². The minimum atomic E-state index is -0.235. The third kappa shape index (κ3) is 4.99. The molecule has 7 nitrogen and oxygen atoms in total. The lowest BCUT2D eigenvalue weighted by Gasteiger charge is -2.20. The Morgan fingerprint density at radius 2 is 1.88 bits per heavy atom. The summed E-state index contributed by atoms with van der Waals surface area (Å²) in [5, 5.41) is 9.64. The molecule has 2 aromatic rings. The number of carbonyl (C=O) groups is 1. The molecule has 2 aliphatic heterocycles.